The summed E-state index contributed by atoms with van der Waals surface area (Å²) in [6, 6.07) is 35.2. The fourth-order valence-electron chi connectivity index (χ4n) is 3.96. The van der Waals surface area contributed by atoms with Crippen molar-refractivity contribution in [3.63, 3.8) is 0 Å². The van der Waals surface area contributed by atoms with Gasteiger partial charge >= 0.3 is 0 Å². The van der Waals surface area contributed by atoms with Crippen molar-refractivity contribution < 1.29 is 0 Å². The highest BCUT2D eigenvalue weighted by Crippen LogP contribution is 2.35. The van der Waals surface area contributed by atoms with E-state index in [0.717, 1.165) is 0 Å². The Kier molecular flexibility index (Phi) is 5.11. The molecule has 0 aliphatic heterocycles. The number of benzene rings is 4. The summed E-state index contributed by atoms with van der Waals surface area (Å²) in [5.74, 6) is 0. The minimum absolute atomic E-state index is 0.109. The van der Waals surface area contributed by atoms with Crippen LogP contribution in [-0.2, 0) is 5.41 Å². The summed E-state index contributed by atoms with van der Waals surface area (Å²) in [6.45, 7) is 8.98. The normalized spacial score (nSPS) is 11.4. The molecule has 0 saturated heterocycles. The molecule has 0 aliphatic carbocycles. The first kappa shape index (κ1) is 19.2. The van der Waals surface area contributed by atoms with Gasteiger partial charge in [0, 0.05) is 0 Å². The third kappa shape index (κ3) is 4.17. The van der Waals surface area contributed by atoms with E-state index in [0.29, 0.717) is 0 Å². The van der Waals surface area contributed by atoms with Crippen LogP contribution >= 0.6 is 0 Å². The topological polar surface area (TPSA) is 0 Å². The first-order valence-corrected chi connectivity index (χ1v) is 10.3. The van der Waals surface area contributed by atoms with Crippen LogP contribution in [0.4, 0.5) is 0 Å². The Morgan fingerprint density at radius 2 is 0.966 bits per heavy atom. The highest BCUT2D eigenvalue weighted by Gasteiger charge is 2.18. The zero-order valence-corrected chi connectivity index (χ0v) is 17.7. The van der Waals surface area contributed by atoms with Gasteiger partial charge in [0.2, 0.25) is 0 Å². The maximum atomic E-state index is 2.32. The van der Waals surface area contributed by atoms with Crippen LogP contribution in [0.25, 0.3) is 33.4 Å². The molecule has 0 atom stereocenters. The minimum Gasteiger partial charge on any atom is -0.0619 e. The van der Waals surface area contributed by atoms with Gasteiger partial charge in [-0.15, -0.1) is 0 Å². The van der Waals surface area contributed by atoms with E-state index in [1.807, 2.05) is 0 Å². The number of aryl methyl sites for hydroxylation is 1. The van der Waals surface area contributed by atoms with E-state index >= 15 is 0 Å². The number of hydrogen-bond donors (Lipinski definition) is 0. The second kappa shape index (κ2) is 7.72. The fourth-order valence-corrected chi connectivity index (χ4v) is 3.96. The third-order valence-corrected chi connectivity index (χ3v) is 5.46. The van der Waals surface area contributed by atoms with Crippen LogP contribution in [0.1, 0.15) is 31.9 Å². The monoisotopic (exact) mass is 376 g/mol. The van der Waals surface area contributed by atoms with Gasteiger partial charge in [0.15, 0.2) is 0 Å². The summed E-state index contributed by atoms with van der Waals surface area (Å²) in [7, 11) is 0. The van der Waals surface area contributed by atoms with Gasteiger partial charge in [0.1, 0.15) is 0 Å². The van der Waals surface area contributed by atoms with E-state index in [-0.39, 0.29) is 5.41 Å². The van der Waals surface area contributed by atoms with E-state index in [4.69, 9.17) is 0 Å². The van der Waals surface area contributed by atoms with Gasteiger partial charge in [0.05, 0.1) is 0 Å². The summed E-state index contributed by atoms with van der Waals surface area (Å²) >= 11 is 0. The molecule has 0 nitrogen and oxygen atoms in total. The third-order valence-electron chi connectivity index (χ3n) is 5.46. The highest BCUT2D eigenvalue weighted by atomic mass is 14.2. The lowest BCUT2D eigenvalue weighted by molar-refractivity contribution is 0.592. The van der Waals surface area contributed by atoms with Crippen LogP contribution in [0, 0.1) is 6.92 Å². The van der Waals surface area contributed by atoms with Gasteiger partial charge in [-0.2, -0.15) is 0 Å². The second-order valence-corrected chi connectivity index (χ2v) is 8.83. The molecule has 0 bridgehead atoms. The molecule has 29 heavy (non-hydrogen) atoms. The quantitative estimate of drug-likeness (QED) is 0.337. The Hall–Kier alpha value is -3.12. The average Bonchev–Trinajstić information content (AvgIpc) is 2.73. The molecule has 0 spiro atoms. The maximum Gasteiger partial charge on any atom is -0.0126 e. The van der Waals surface area contributed by atoms with Crippen LogP contribution in [0.5, 0.6) is 0 Å². The van der Waals surface area contributed by atoms with Crippen molar-refractivity contribution in [1.29, 1.82) is 0 Å². The summed E-state index contributed by atoms with van der Waals surface area (Å²) in [5.41, 5.74) is 10.4. The van der Waals surface area contributed by atoms with Gasteiger partial charge in [-0.1, -0.05) is 111 Å². The molecule has 0 unspecified atom stereocenters. The summed E-state index contributed by atoms with van der Waals surface area (Å²) in [4.78, 5) is 0. The molecule has 144 valence electrons. The Balaban J connectivity index is 1.77. The standard InChI is InChI=1S/C29H28/c1-21-10-7-11-22(18-21)23-12-8-13-24(19-23)25-14-9-15-26(20-25)27-16-5-6-17-28(27)29(2,3)4/h5-20H,1-4H3. The van der Waals surface area contributed by atoms with Crippen molar-refractivity contribution in [1.82, 2.24) is 0 Å². The molecule has 4 aromatic rings. The van der Waals surface area contributed by atoms with Gasteiger partial charge in [0.25, 0.3) is 0 Å². The summed E-state index contributed by atoms with van der Waals surface area (Å²) < 4.78 is 0. The van der Waals surface area contributed by atoms with E-state index in [2.05, 4.69) is 125 Å². The van der Waals surface area contributed by atoms with Gasteiger partial charge in [-0.3, -0.25) is 0 Å². The van der Waals surface area contributed by atoms with E-state index < -0.39 is 0 Å². The maximum absolute atomic E-state index is 2.32. The van der Waals surface area contributed by atoms with Crippen LogP contribution in [0.2, 0.25) is 0 Å². The zero-order chi connectivity index (χ0) is 20.4. The van der Waals surface area contributed by atoms with E-state index in [1.54, 1.807) is 0 Å². The summed E-state index contributed by atoms with van der Waals surface area (Å²) in [6.07, 6.45) is 0. The van der Waals surface area contributed by atoms with Crippen molar-refractivity contribution in [3.8, 4) is 33.4 Å². The molecule has 4 rings (SSSR count). The first-order chi connectivity index (χ1) is 13.9. The molecule has 0 N–H and O–H groups in total. The molecule has 0 fully saturated rings. The average molecular weight is 377 g/mol. The van der Waals surface area contributed by atoms with E-state index in [1.165, 1.54) is 44.5 Å². The molecule has 0 radical (unpaired) electrons. The molecule has 0 aliphatic rings. The lowest BCUT2D eigenvalue weighted by Gasteiger charge is -2.23. The smallest absolute Gasteiger partial charge is 0.0126 e. The van der Waals surface area contributed by atoms with Gasteiger partial charge < -0.3 is 0 Å². The fraction of sp³-hybridized carbons (Fsp3) is 0.172. The Bertz CT molecular complexity index is 1140. The van der Waals surface area contributed by atoms with E-state index in [9.17, 15) is 0 Å². The predicted octanol–water partition coefficient (Wildman–Crippen LogP) is 8.29. The van der Waals surface area contributed by atoms with Gasteiger partial charge in [-0.05, 0) is 63.4 Å². The van der Waals surface area contributed by atoms with Crippen LogP contribution in [0.15, 0.2) is 97.1 Å². The second-order valence-electron chi connectivity index (χ2n) is 8.83. The lowest BCUT2D eigenvalue weighted by Crippen LogP contribution is -2.12. The molecule has 0 heterocycles. The van der Waals surface area contributed by atoms with Crippen molar-refractivity contribution in [2.24, 2.45) is 0 Å². The molecular weight excluding hydrogens is 348 g/mol. The Labute approximate surface area is 174 Å². The Morgan fingerprint density at radius 1 is 0.483 bits per heavy atom. The molecule has 0 saturated carbocycles. The number of hydrogen-bond acceptors (Lipinski definition) is 0. The molecular formula is C29H28. The summed E-state index contributed by atoms with van der Waals surface area (Å²) in [5, 5.41) is 0. The van der Waals surface area contributed by atoms with Crippen molar-refractivity contribution in [3.05, 3.63) is 108 Å². The largest absolute Gasteiger partial charge is 0.0619 e. The molecule has 0 heteroatoms. The Morgan fingerprint density at radius 3 is 1.55 bits per heavy atom. The molecule has 0 amide bonds. The first-order valence-electron chi connectivity index (χ1n) is 10.3. The minimum atomic E-state index is 0.109. The molecule has 0 aromatic heterocycles. The van der Waals surface area contributed by atoms with Crippen LogP contribution in [-0.4, -0.2) is 0 Å². The zero-order valence-electron chi connectivity index (χ0n) is 17.7. The SMILES string of the molecule is Cc1cccc(-c2cccc(-c3cccc(-c4ccccc4C(C)(C)C)c3)c2)c1. The predicted molar refractivity (Wildman–Crippen MR) is 126 cm³/mol. The van der Waals surface area contributed by atoms with Crippen molar-refractivity contribution >= 4 is 0 Å². The van der Waals surface area contributed by atoms with Crippen LogP contribution in [0.3, 0.4) is 0 Å². The number of rotatable bonds is 3. The highest BCUT2D eigenvalue weighted by molar-refractivity contribution is 5.78. The molecule has 4 aromatic carbocycles. The van der Waals surface area contributed by atoms with Crippen molar-refractivity contribution in [2.75, 3.05) is 0 Å². The van der Waals surface area contributed by atoms with Gasteiger partial charge in [-0.25, -0.2) is 0 Å². The lowest BCUT2D eigenvalue weighted by atomic mass is 9.81. The van der Waals surface area contributed by atoms with Crippen molar-refractivity contribution in [2.45, 2.75) is 33.1 Å². The van der Waals surface area contributed by atoms with Crippen LogP contribution < -0.4 is 0 Å².